The summed E-state index contributed by atoms with van der Waals surface area (Å²) in [7, 11) is 0. The molecular formula is C30H37F6NO2. The third-order valence-corrected chi connectivity index (χ3v) is 7.46. The van der Waals surface area contributed by atoms with Gasteiger partial charge in [-0.15, -0.1) is 0 Å². The highest BCUT2D eigenvalue weighted by molar-refractivity contribution is 5.77. The van der Waals surface area contributed by atoms with Gasteiger partial charge in [-0.1, -0.05) is 58.0 Å². The molecule has 3 rings (SSSR count). The highest BCUT2D eigenvalue weighted by Crippen LogP contribution is 2.40. The number of piperidine rings is 1. The van der Waals surface area contributed by atoms with E-state index < -0.39 is 35.8 Å². The first-order chi connectivity index (χ1) is 18.1. The summed E-state index contributed by atoms with van der Waals surface area (Å²) in [4.78, 5) is 13.7. The summed E-state index contributed by atoms with van der Waals surface area (Å²) >= 11 is 0. The zero-order chi connectivity index (χ0) is 29.1. The largest absolute Gasteiger partial charge is 0.481 e. The van der Waals surface area contributed by atoms with E-state index in [1.165, 1.54) is 17.0 Å². The van der Waals surface area contributed by atoms with Gasteiger partial charge >= 0.3 is 18.3 Å². The van der Waals surface area contributed by atoms with Crippen LogP contribution in [0.15, 0.2) is 42.5 Å². The molecular weight excluding hydrogens is 520 g/mol. The van der Waals surface area contributed by atoms with E-state index in [1.807, 2.05) is 27.7 Å². The fourth-order valence-electron chi connectivity index (χ4n) is 5.34. The monoisotopic (exact) mass is 557 g/mol. The molecule has 1 saturated heterocycles. The number of carbonyl (C=O) groups is 1. The molecule has 39 heavy (non-hydrogen) atoms. The lowest BCUT2D eigenvalue weighted by Gasteiger charge is -2.41. The molecule has 9 heteroatoms. The molecule has 1 aliphatic heterocycles. The Hall–Kier alpha value is -2.55. The second kappa shape index (κ2) is 12.3. The van der Waals surface area contributed by atoms with Gasteiger partial charge in [-0.2, -0.15) is 26.3 Å². The molecule has 1 N–H and O–H groups in total. The maximum Gasteiger partial charge on any atom is 0.416 e. The van der Waals surface area contributed by atoms with Gasteiger partial charge in [0.15, 0.2) is 0 Å². The lowest BCUT2D eigenvalue weighted by atomic mass is 9.81. The molecule has 2 aromatic carbocycles. The van der Waals surface area contributed by atoms with E-state index in [4.69, 9.17) is 0 Å². The summed E-state index contributed by atoms with van der Waals surface area (Å²) in [6.45, 7) is 8.21. The first kappa shape index (κ1) is 31.0. The Morgan fingerprint density at radius 1 is 0.923 bits per heavy atom. The average Bonchev–Trinajstić information content (AvgIpc) is 2.84. The van der Waals surface area contributed by atoms with Crippen molar-refractivity contribution in [1.29, 1.82) is 0 Å². The number of likely N-dealkylation sites (tertiary alicyclic amines) is 1. The Morgan fingerprint density at radius 3 is 2.08 bits per heavy atom. The number of alkyl halides is 6. The normalized spacial score (nSPS) is 20.0. The number of carboxylic acids is 1. The van der Waals surface area contributed by atoms with Crippen molar-refractivity contribution >= 4 is 5.97 Å². The summed E-state index contributed by atoms with van der Waals surface area (Å²) in [6.07, 6.45) is -7.66. The summed E-state index contributed by atoms with van der Waals surface area (Å²) < 4.78 is 80.9. The fraction of sp³-hybridized carbons (Fsp3) is 0.567. The lowest BCUT2D eigenvalue weighted by molar-refractivity contribution is -0.192. The predicted molar refractivity (Wildman–Crippen MR) is 140 cm³/mol. The zero-order valence-corrected chi connectivity index (χ0v) is 22.7. The number of rotatable bonds is 9. The van der Waals surface area contributed by atoms with Crippen LogP contribution in [-0.2, 0) is 11.0 Å². The topological polar surface area (TPSA) is 40.5 Å². The van der Waals surface area contributed by atoms with Crippen molar-refractivity contribution in [1.82, 2.24) is 4.90 Å². The quantitative estimate of drug-likeness (QED) is 0.314. The SMILES string of the molecule is CC(C)CCN1CC(c2cc(-c3ccc(C(F)(F)F)cc3)cc(C(CC(C)C)C(=O)O)c2)CCC1C(F)(F)F. The highest BCUT2D eigenvalue weighted by atomic mass is 19.4. The highest BCUT2D eigenvalue weighted by Gasteiger charge is 2.46. The van der Waals surface area contributed by atoms with Gasteiger partial charge in [0.2, 0.25) is 0 Å². The minimum absolute atomic E-state index is 0.0676. The van der Waals surface area contributed by atoms with Gasteiger partial charge in [0.25, 0.3) is 0 Å². The number of hydrogen-bond donors (Lipinski definition) is 1. The van der Waals surface area contributed by atoms with Gasteiger partial charge in [0, 0.05) is 6.54 Å². The zero-order valence-electron chi connectivity index (χ0n) is 22.7. The molecule has 0 amide bonds. The van der Waals surface area contributed by atoms with Gasteiger partial charge in [-0.25, -0.2) is 0 Å². The van der Waals surface area contributed by atoms with Crippen LogP contribution in [0, 0.1) is 11.8 Å². The van der Waals surface area contributed by atoms with E-state index in [1.54, 1.807) is 18.2 Å². The van der Waals surface area contributed by atoms with Crippen LogP contribution in [0.25, 0.3) is 11.1 Å². The van der Waals surface area contributed by atoms with Crippen LogP contribution in [-0.4, -0.2) is 41.3 Å². The first-order valence-corrected chi connectivity index (χ1v) is 13.4. The van der Waals surface area contributed by atoms with Crippen LogP contribution < -0.4 is 0 Å². The maximum atomic E-state index is 13.8. The van der Waals surface area contributed by atoms with Crippen molar-refractivity contribution < 1.29 is 36.2 Å². The van der Waals surface area contributed by atoms with Gasteiger partial charge in [0.1, 0.15) is 6.04 Å². The number of aliphatic carboxylic acids is 1. The minimum Gasteiger partial charge on any atom is -0.481 e. The molecule has 216 valence electrons. The van der Waals surface area contributed by atoms with Gasteiger partial charge < -0.3 is 5.11 Å². The van der Waals surface area contributed by atoms with E-state index in [9.17, 15) is 36.2 Å². The van der Waals surface area contributed by atoms with Crippen molar-refractivity contribution in [2.24, 2.45) is 11.8 Å². The number of halogens is 6. The van der Waals surface area contributed by atoms with Gasteiger partial charge in [-0.05, 0) is 84.4 Å². The minimum atomic E-state index is -4.49. The molecule has 0 bridgehead atoms. The van der Waals surface area contributed by atoms with Crippen molar-refractivity contribution in [3.8, 4) is 11.1 Å². The van der Waals surface area contributed by atoms with Crippen molar-refractivity contribution in [3.05, 3.63) is 59.2 Å². The number of carboxylic acid groups (broad SMARTS) is 1. The third kappa shape index (κ3) is 8.22. The van der Waals surface area contributed by atoms with Crippen molar-refractivity contribution in [2.75, 3.05) is 13.1 Å². The molecule has 0 spiro atoms. The Bertz CT molecular complexity index is 1110. The molecule has 3 atom stereocenters. The van der Waals surface area contributed by atoms with E-state index in [0.717, 1.165) is 12.1 Å². The number of benzene rings is 2. The predicted octanol–water partition coefficient (Wildman–Crippen LogP) is 8.74. The standard InChI is InChI=1S/C30H37F6NO2/c1-18(2)11-12-37-17-21(7-10-27(37)30(34,35)36)23-14-22(20-5-8-25(9-6-20)29(31,32)33)15-24(16-23)26(28(38)39)13-19(3)4/h5-6,8-9,14-16,18-19,21,26-27H,7,10-13,17H2,1-4H3,(H,38,39). The van der Waals surface area contributed by atoms with Crippen molar-refractivity contribution in [2.45, 2.75) is 83.6 Å². The molecule has 0 radical (unpaired) electrons. The van der Waals surface area contributed by atoms with Crippen LogP contribution in [0.1, 0.15) is 81.9 Å². The van der Waals surface area contributed by atoms with E-state index in [-0.39, 0.29) is 37.1 Å². The third-order valence-electron chi connectivity index (χ3n) is 7.46. The first-order valence-electron chi connectivity index (χ1n) is 13.4. The number of nitrogens with zero attached hydrogens (tertiary/aromatic N) is 1. The van der Waals surface area contributed by atoms with Crippen LogP contribution in [0.4, 0.5) is 26.3 Å². The molecule has 3 nitrogen and oxygen atoms in total. The Kier molecular flexibility index (Phi) is 9.78. The maximum absolute atomic E-state index is 13.8. The van der Waals surface area contributed by atoms with E-state index >= 15 is 0 Å². The second-order valence-electron chi connectivity index (χ2n) is 11.5. The molecule has 1 aliphatic rings. The Labute approximate surface area is 226 Å². The van der Waals surface area contributed by atoms with Crippen LogP contribution in [0.5, 0.6) is 0 Å². The fourth-order valence-corrected chi connectivity index (χ4v) is 5.34. The average molecular weight is 558 g/mol. The second-order valence-corrected chi connectivity index (χ2v) is 11.5. The van der Waals surface area contributed by atoms with Crippen LogP contribution >= 0.6 is 0 Å². The molecule has 0 saturated carbocycles. The van der Waals surface area contributed by atoms with E-state index in [2.05, 4.69) is 0 Å². The molecule has 2 aromatic rings. The van der Waals surface area contributed by atoms with Crippen LogP contribution in [0.3, 0.4) is 0 Å². The van der Waals surface area contributed by atoms with Gasteiger partial charge in [-0.3, -0.25) is 9.69 Å². The summed E-state index contributed by atoms with van der Waals surface area (Å²) in [5.41, 5.74) is 1.47. The van der Waals surface area contributed by atoms with Crippen molar-refractivity contribution in [3.63, 3.8) is 0 Å². The summed E-state index contributed by atoms with van der Waals surface area (Å²) in [6, 6.07) is 8.37. The molecule has 0 aromatic heterocycles. The molecule has 1 heterocycles. The van der Waals surface area contributed by atoms with E-state index in [0.29, 0.717) is 41.6 Å². The summed E-state index contributed by atoms with van der Waals surface area (Å²) in [5.74, 6) is -1.82. The Morgan fingerprint density at radius 2 is 1.56 bits per heavy atom. The number of hydrogen-bond acceptors (Lipinski definition) is 2. The lowest BCUT2D eigenvalue weighted by Crippen LogP contribution is -2.51. The Balaban J connectivity index is 2.05. The summed E-state index contributed by atoms with van der Waals surface area (Å²) in [5, 5.41) is 9.99. The smallest absolute Gasteiger partial charge is 0.416 e. The molecule has 1 fully saturated rings. The molecule has 0 aliphatic carbocycles. The van der Waals surface area contributed by atoms with Crippen LogP contribution in [0.2, 0.25) is 0 Å². The molecule has 3 unspecified atom stereocenters. The van der Waals surface area contributed by atoms with Gasteiger partial charge in [0.05, 0.1) is 11.5 Å².